The molecule has 1 amide bonds. The highest BCUT2D eigenvalue weighted by molar-refractivity contribution is 7.20. The Morgan fingerprint density at radius 3 is 2.83 bits per heavy atom. The molecule has 0 bridgehead atoms. The standard InChI is InChI=1S/C17H16N4O2S/c1-3-19-15(23)13-7-12-14(20-17(18)21-16(12)24-13)11-6-10(8-22)5-4-9(11)2/h4-8H,3H2,1-2H3,(H,19,23)(H2,18,20,21). The summed E-state index contributed by atoms with van der Waals surface area (Å²) in [5.41, 5.74) is 8.80. The lowest BCUT2D eigenvalue weighted by atomic mass is 10.0. The van der Waals surface area contributed by atoms with Gasteiger partial charge in [-0.05, 0) is 31.5 Å². The first-order valence-electron chi connectivity index (χ1n) is 7.45. The van der Waals surface area contributed by atoms with Crippen molar-refractivity contribution in [2.24, 2.45) is 0 Å². The number of hydrogen-bond acceptors (Lipinski definition) is 6. The number of nitrogens with zero attached hydrogens (tertiary/aromatic N) is 2. The molecule has 0 saturated carbocycles. The predicted octanol–water partition coefficient (Wildman–Crippen LogP) is 2.81. The minimum absolute atomic E-state index is 0.137. The van der Waals surface area contributed by atoms with E-state index in [0.29, 0.717) is 27.5 Å². The molecule has 7 heteroatoms. The first-order valence-corrected chi connectivity index (χ1v) is 8.26. The van der Waals surface area contributed by atoms with Crippen LogP contribution in [0.2, 0.25) is 0 Å². The fourth-order valence-electron chi connectivity index (χ4n) is 2.47. The molecule has 1 aromatic carbocycles. The van der Waals surface area contributed by atoms with Crippen molar-refractivity contribution in [3.8, 4) is 11.3 Å². The average molecular weight is 340 g/mol. The Morgan fingerprint density at radius 1 is 1.33 bits per heavy atom. The second-order valence-electron chi connectivity index (χ2n) is 5.31. The second kappa shape index (κ2) is 6.37. The van der Waals surface area contributed by atoms with Crippen molar-refractivity contribution in [2.75, 3.05) is 12.3 Å². The van der Waals surface area contributed by atoms with Crippen molar-refractivity contribution in [1.29, 1.82) is 0 Å². The van der Waals surface area contributed by atoms with E-state index in [1.165, 1.54) is 11.3 Å². The fourth-order valence-corrected chi connectivity index (χ4v) is 3.43. The summed E-state index contributed by atoms with van der Waals surface area (Å²) >= 11 is 1.27. The van der Waals surface area contributed by atoms with Crippen molar-refractivity contribution < 1.29 is 9.59 Å². The van der Waals surface area contributed by atoms with Crippen LogP contribution in [0.25, 0.3) is 21.5 Å². The zero-order valence-electron chi connectivity index (χ0n) is 13.3. The van der Waals surface area contributed by atoms with Gasteiger partial charge in [-0.1, -0.05) is 12.1 Å². The molecule has 2 aromatic heterocycles. The zero-order valence-corrected chi connectivity index (χ0v) is 14.1. The zero-order chi connectivity index (χ0) is 17.3. The fraction of sp³-hybridized carbons (Fsp3) is 0.176. The molecule has 3 N–H and O–H groups in total. The van der Waals surface area contributed by atoms with Crippen LogP contribution in [0.5, 0.6) is 0 Å². The molecule has 0 aliphatic rings. The topological polar surface area (TPSA) is 98.0 Å². The summed E-state index contributed by atoms with van der Waals surface area (Å²) in [4.78, 5) is 33.0. The number of amides is 1. The number of thiophene rings is 1. The Labute approximate surface area is 142 Å². The van der Waals surface area contributed by atoms with Crippen LogP contribution in [-0.2, 0) is 0 Å². The van der Waals surface area contributed by atoms with Gasteiger partial charge in [0.25, 0.3) is 5.91 Å². The van der Waals surface area contributed by atoms with Gasteiger partial charge in [0.15, 0.2) is 0 Å². The van der Waals surface area contributed by atoms with E-state index in [-0.39, 0.29) is 11.9 Å². The molecule has 3 rings (SSSR count). The molecule has 0 saturated heterocycles. The van der Waals surface area contributed by atoms with Gasteiger partial charge in [-0.3, -0.25) is 9.59 Å². The molecule has 3 aromatic rings. The Morgan fingerprint density at radius 2 is 2.12 bits per heavy atom. The highest BCUT2D eigenvalue weighted by Crippen LogP contribution is 2.34. The van der Waals surface area contributed by atoms with Gasteiger partial charge in [-0.15, -0.1) is 11.3 Å². The molecule has 0 aliphatic heterocycles. The molecule has 0 atom stereocenters. The Hall–Kier alpha value is -2.80. The molecular formula is C17H16N4O2S. The van der Waals surface area contributed by atoms with E-state index >= 15 is 0 Å². The van der Waals surface area contributed by atoms with E-state index in [2.05, 4.69) is 15.3 Å². The van der Waals surface area contributed by atoms with Crippen LogP contribution < -0.4 is 11.1 Å². The van der Waals surface area contributed by atoms with Crippen LogP contribution in [0, 0.1) is 6.92 Å². The van der Waals surface area contributed by atoms with E-state index in [1.807, 2.05) is 19.9 Å². The van der Waals surface area contributed by atoms with Crippen LogP contribution in [-0.4, -0.2) is 28.7 Å². The quantitative estimate of drug-likeness (QED) is 0.712. The SMILES string of the molecule is CCNC(=O)c1cc2c(-c3cc(C=O)ccc3C)nc(N)nc2s1. The van der Waals surface area contributed by atoms with E-state index in [1.54, 1.807) is 18.2 Å². The molecule has 2 heterocycles. The molecule has 0 spiro atoms. The Kier molecular flexibility index (Phi) is 4.26. The number of anilines is 1. The van der Waals surface area contributed by atoms with Gasteiger partial charge in [0.05, 0.1) is 10.6 Å². The van der Waals surface area contributed by atoms with Crippen molar-refractivity contribution in [3.63, 3.8) is 0 Å². The molecule has 0 fully saturated rings. The predicted molar refractivity (Wildman–Crippen MR) is 95.4 cm³/mol. The normalized spacial score (nSPS) is 10.8. The van der Waals surface area contributed by atoms with Crippen LogP contribution in [0.3, 0.4) is 0 Å². The Balaban J connectivity index is 2.24. The van der Waals surface area contributed by atoms with Gasteiger partial charge in [0.1, 0.15) is 11.1 Å². The lowest BCUT2D eigenvalue weighted by Gasteiger charge is -2.08. The molecule has 0 radical (unpaired) electrons. The average Bonchev–Trinajstić information content (AvgIpc) is 2.99. The number of aryl methyl sites for hydroxylation is 1. The van der Waals surface area contributed by atoms with Crippen LogP contribution in [0.1, 0.15) is 32.5 Å². The van der Waals surface area contributed by atoms with Crippen molar-refractivity contribution in [3.05, 3.63) is 40.3 Å². The number of benzene rings is 1. The van der Waals surface area contributed by atoms with E-state index in [9.17, 15) is 9.59 Å². The number of aromatic nitrogens is 2. The van der Waals surface area contributed by atoms with Crippen molar-refractivity contribution in [2.45, 2.75) is 13.8 Å². The minimum Gasteiger partial charge on any atom is -0.368 e. The van der Waals surface area contributed by atoms with Gasteiger partial charge in [0, 0.05) is 23.1 Å². The summed E-state index contributed by atoms with van der Waals surface area (Å²) in [5, 5.41) is 3.52. The molecule has 122 valence electrons. The van der Waals surface area contributed by atoms with Gasteiger partial charge in [0.2, 0.25) is 5.95 Å². The number of hydrogen-bond donors (Lipinski definition) is 2. The molecule has 6 nitrogen and oxygen atoms in total. The molecule has 0 unspecified atom stereocenters. The summed E-state index contributed by atoms with van der Waals surface area (Å²) in [7, 11) is 0. The third kappa shape index (κ3) is 2.85. The van der Waals surface area contributed by atoms with Crippen molar-refractivity contribution >= 4 is 39.7 Å². The third-order valence-electron chi connectivity index (χ3n) is 3.62. The highest BCUT2D eigenvalue weighted by Gasteiger charge is 2.17. The maximum atomic E-state index is 12.1. The number of rotatable bonds is 4. The van der Waals surface area contributed by atoms with Crippen molar-refractivity contribution in [1.82, 2.24) is 15.3 Å². The largest absolute Gasteiger partial charge is 0.368 e. The van der Waals surface area contributed by atoms with E-state index in [4.69, 9.17) is 5.73 Å². The maximum Gasteiger partial charge on any atom is 0.261 e. The second-order valence-corrected chi connectivity index (χ2v) is 6.34. The third-order valence-corrected chi connectivity index (χ3v) is 4.65. The smallest absolute Gasteiger partial charge is 0.261 e. The summed E-state index contributed by atoms with van der Waals surface area (Å²) in [5.74, 6) is -0.0129. The minimum atomic E-state index is -0.150. The Bertz CT molecular complexity index is 949. The first-order chi connectivity index (χ1) is 11.5. The van der Waals surface area contributed by atoms with E-state index in [0.717, 1.165) is 22.8 Å². The van der Waals surface area contributed by atoms with Crippen LogP contribution in [0.4, 0.5) is 5.95 Å². The number of nitrogens with one attached hydrogen (secondary N) is 1. The number of fused-ring (bicyclic) bond motifs is 1. The molecular weight excluding hydrogens is 324 g/mol. The number of aldehydes is 1. The van der Waals surface area contributed by atoms with E-state index < -0.39 is 0 Å². The summed E-state index contributed by atoms with van der Waals surface area (Å²) in [6.45, 7) is 4.35. The number of nitrogen functional groups attached to an aromatic ring is 1. The van der Waals surface area contributed by atoms with Gasteiger partial charge in [-0.25, -0.2) is 9.97 Å². The summed E-state index contributed by atoms with van der Waals surface area (Å²) in [6.07, 6.45) is 0.790. The van der Waals surface area contributed by atoms with Crippen LogP contribution >= 0.6 is 11.3 Å². The maximum absolute atomic E-state index is 12.1. The number of carbonyl (C=O) groups is 2. The number of carbonyl (C=O) groups excluding carboxylic acids is 2. The molecule has 0 aliphatic carbocycles. The monoisotopic (exact) mass is 340 g/mol. The first kappa shape index (κ1) is 16.1. The lowest BCUT2D eigenvalue weighted by Crippen LogP contribution is -2.21. The summed E-state index contributed by atoms with van der Waals surface area (Å²) in [6, 6.07) is 7.15. The van der Waals surface area contributed by atoms with Crippen LogP contribution in [0.15, 0.2) is 24.3 Å². The van der Waals surface area contributed by atoms with Gasteiger partial charge < -0.3 is 11.1 Å². The summed E-state index contributed by atoms with van der Waals surface area (Å²) < 4.78 is 0. The van der Waals surface area contributed by atoms with Gasteiger partial charge in [-0.2, -0.15) is 0 Å². The molecule has 24 heavy (non-hydrogen) atoms. The number of nitrogens with two attached hydrogens (primary N) is 1. The lowest BCUT2D eigenvalue weighted by molar-refractivity contribution is 0.0959. The highest BCUT2D eigenvalue weighted by atomic mass is 32.1. The van der Waals surface area contributed by atoms with Gasteiger partial charge >= 0.3 is 0 Å².